The molecule has 0 aliphatic rings. The van der Waals surface area contributed by atoms with Crippen LogP contribution in [0.3, 0.4) is 0 Å². The van der Waals surface area contributed by atoms with Crippen molar-refractivity contribution in [2.45, 2.75) is 6.54 Å². The predicted molar refractivity (Wildman–Crippen MR) is 71.5 cm³/mol. The zero-order valence-electron chi connectivity index (χ0n) is 10.3. The van der Waals surface area contributed by atoms with E-state index in [1.165, 1.54) is 6.07 Å². The van der Waals surface area contributed by atoms with Gasteiger partial charge in [0.1, 0.15) is 0 Å². The number of rotatable bonds is 4. The van der Waals surface area contributed by atoms with E-state index in [1.54, 1.807) is 24.3 Å². The van der Waals surface area contributed by atoms with Gasteiger partial charge in [0, 0.05) is 18.3 Å². The Bertz CT molecular complexity index is 678. The van der Waals surface area contributed by atoms with E-state index < -0.39 is 16.4 Å². The summed E-state index contributed by atoms with van der Waals surface area (Å²) in [6.07, 6.45) is 0. The molecule has 2 aromatic rings. The van der Waals surface area contributed by atoms with Crippen molar-refractivity contribution in [2.75, 3.05) is 5.32 Å². The van der Waals surface area contributed by atoms with Gasteiger partial charge >= 0.3 is 5.69 Å². The fourth-order valence-electron chi connectivity index (χ4n) is 1.66. The molecule has 2 aromatic carbocycles. The first-order valence-corrected chi connectivity index (χ1v) is 5.77. The molecule has 0 bridgehead atoms. The molecule has 0 aromatic heterocycles. The average molecular weight is 271 g/mol. The van der Waals surface area contributed by atoms with Crippen LogP contribution < -0.4 is 5.32 Å². The predicted octanol–water partition coefficient (Wildman–Crippen LogP) is 3.22. The molecule has 0 amide bonds. The summed E-state index contributed by atoms with van der Waals surface area (Å²) in [4.78, 5) is 9.86. The number of halogens is 1. The first kappa shape index (κ1) is 13.5. The van der Waals surface area contributed by atoms with Crippen LogP contribution in [-0.4, -0.2) is 4.92 Å². The zero-order valence-corrected chi connectivity index (χ0v) is 10.3. The summed E-state index contributed by atoms with van der Waals surface area (Å²) in [7, 11) is 0. The molecule has 0 heterocycles. The maximum Gasteiger partial charge on any atom is 0.306 e. The van der Waals surface area contributed by atoms with Crippen molar-refractivity contribution < 1.29 is 9.31 Å². The minimum Gasteiger partial charge on any atom is -0.381 e. The van der Waals surface area contributed by atoms with Crippen molar-refractivity contribution >= 4 is 11.4 Å². The van der Waals surface area contributed by atoms with E-state index in [4.69, 9.17) is 5.26 Å². The number of nitro benzene ring substituents is 1. The van der Waals surface area contributed by atoms with Crippen LogP contribution in [0.1, 0.15) is 11.1 Å². The molecule has 0 radical (unpaired) electrons. The Hall–Kier alpha value is -2.94. The molecule has 2 rings (SSSR count). The molecule has 0 saturated carbocycles. The molecular weight excluding hydrogens is 261 g/mol. The topological polar surface area (TPSA) is 79.0 Å². The van der Waals surface area contributed by atoms with Crippen LogP contribution in [0, 0.1) is 27.3 Å². The standard InChI is InChI=1S/C14H10FN3O2/c15-13-6-5-12(7-14(13)18(19)20)17-9-11-3-1-10(8-16)2-4-11/h1-7,17H,9H2. The Kier molecular flexibility index (Phi) is 3.91. The van der Waals surface area contributed by atoms with E-state index in [0.717, 1.165) is 17.7 Å². The summed E-state index contributed by atoms with van der Waals surface area (Å²) in [6, 6.07) is 12.6. The zero-order chi connectivity index (χ0) is 14.5. The van der Waals surface area contributed by atoms with Crippen molar-refractivity contribution in [1.29, 1.82) is 5.26 Å². The third kappa shape index (κ3) is 3.09. The molecule has 0 unspecified atom stereocenters. The lowest BCUT2D eigenvalue weighted by Crippen LogP contribution is -2.01. The highest BCUT2D eigenvalue weighted by Gasteiger charge is 2.13. The summed E-state index contributed by atoms with van der Waals surface area (Å²) in [6.45, 7) is 0.425. The molecule has 0 saturated heterocycles. The molecule has 6 heteroatoms. The largest absolute Gasteiger partial charge is 0.381 e. The fourth-order valence-corrected chi connectivity index (χ4v) is 1.66. The number of nitrogens with one attached hydrogen (secondary N) is 1. The van der Waals surface area contributed by atoms with Crippen molar-refractivity contribution in [3.05, 3.63) is 69.5 Å². The van der Waals surface area contributed by atoms with E-state index in [-0.39, 0.29) is 0 Å². The first-order chi connectivity index (χ1) is 9.60. The quantitative estimate of drug-likeness (QED) is 0.684. The summed E-state index contributed by atoms with van der Waals surface area (Å²) in [5, 5.41) is 22.3. The van der Waals surface area contributed by atoms with Crippen molar-refractivity contribution in [3.63, 3.8) is 0 Å². The lowest BCUT2D eigenvalue weighted by Gasteiger charge is -2.06. The van der Waals surface area contributed by atoms with Gasteiger partial charge in [-0.05, 0) is 29.8 Å². The van der Waals surface area contributed by atoms with Gasteiger partial charge in [-0.2, -0.15) is 9.65 Å². The van der Waals surface area contributed by atoms with Crippen LogP contribution in [0.15, 0.2) is 42.5 Å². The van der Waals surface area contributed by atoms with Crippen molar-refractivity contribution in [2.24, 2.45) is 0 Å². The Morgan fingerprint density at radius 2 is 1.95 bits per heavy atom. The van der Waals surface area contributed by atoms with Crippen LogP contribution in [0.25, 0.3) is 0 Å². The number of anilines is 1. The molecule has 0 fully saturated rings. The molecule has 0 atom stereocenters. The van der Waals surface area contributed by atoms with Gasteiger partial charge in [-0.25, -0.2) is 0 Å². The molecule has 0 aliphatic heterocycles. The highest BCUT2D eigenvalue weighted by Crippen LogP contribution is 2.22. The van der Waals surface area contributed by atoms with Crippen LogP contribution >= 0.6 is 0 Å². The summed E-state index contributed by atoms with van der Waals surface area (Å²) >= 11 is 0. The van der Waals surface area contributed by atoms with E-state index in [0.29, 0.717) is 17.8 Å². The lowest BCUT2D eigenvalue weighted by atomic mass is 10.1. The van der Waals surface area contributed by atoms with Crippen LogP contribution in [0.2, 0.25) is 0 Å². The molecule has 0 spiro atoms. The van der Waals surface area contributed by atoms with Gasteiger partial charge in [0.25, 0.3) is 0 Å². The maximum absolute atomic E-state index is 13.2. The highest BCUT2D eigenvalue weighted by molar-refractivity contribution is 5.52. The Morgan fingerprint density at radius 1 is 1.25 bits per heavy atom. The maximum atomic E-state index is 13.2. The van der Waals surface area contributed by atoms with E-state index in [1.807, 2.05) is 6.07 Å². The van der Waals surface area contributed by atoms with Gasteiger partial charge in [-0.15, -0.1) is 0 Å². The number of hydrogen-bond donors (Lipinski definition) is 1. The minimum absolute atomic E-state index is 0.425. The van der Waals surface area contributed by atoms with Crippen molar-refractivity contribution in [1.82, 2.24) is 0 Å². The molecule has 0 aliphatic carbocycles. The summed E-state index contributed by atoms with van der Waals surface area (Å²) < 4.78 is 13.2. The highest BCUT2D eigenvalue weighted by atomic mass is 19.1. The van der Waals surface area contributed by atoms with Gasteiger partial charge < -0.3 is 5.32 Å². The van der Waals surface area contributed by atoms with E-state index >= 15 is 0 Å². The average Bonchev–Trinajstić information content (AvgIpc) is 2.46. The minimum atomic E-state index is -0.862. The Morgan fingerprint density at radius 3 is 2.55 bits per heavy atom. The second kappa shape index (κ2) is 5.80. The number of benzene rings is 2. The Labute approximate surface area is 114 Å². The molecule has 5 nitrogen and oxygen atoms in total. The summed E-state index contributed by atoms with van der Waals surface area (Å²) in [5.74, 6) is -0.862. The molecule has 1 N–H and O–H groups in total. The first-order valence-electron chi connectivity index (χ1n) is 5.77. The van der Waals surface area contributed by atoms with Gasteiger partial charge in [0.2, 0.25) is 5.82 Å². The van der Waals surface area contributed by atoms with Crippen molar-refractivity contribution in [3.8, 4) is 6.07 Å². The third-order valence-electron chi connectivity index (χ3n) is 2.72. The van der Waals surface area contributed by atoms with Gasteiger partial charge in [0.15, 0.2) is 0 Å². The molecule has 20 heavy (non-hydrogen) atoms. The Balaban J connectivity index is 2.09. The normalized spacial score (nSPS) is 9.80. The van der Waals surface area contributed by atoms with Crippen LogP contribution in [-0.2, 0) is 6.54 Å². The van der Waals surface area contributed by atoms with E-state index in [2.05, 4.69) is 5.32 Å². The smallest absolute Gasteiger partial charge is 0.306 e. The fraction of sp³-hybridized carbons (Fsp3) is 0.0714. The monoisotopic (exact) mass is 271 g/mol. The number of hydrogen-bond acceptors (Lipinski definition) is 4. The number of nitriles is 1. The summed E-state index contributed by atoms with van der Waals surface area (Å²) in [5.41, 5.74) is 1.37. The lowest BCUT2D eigenvalue weighted by molar-refractivity contribution is -0.387. The second-order valence-corrected chi connectivity index (χ2v) is 4.09. The van der Waals surface area contributed by atoms with Gasteiger partial charge in [-0.3, -0.25) is 10.1 Å². The van der Waals surface area contributed by atoms with Gasteiger partial charge in [0.05, 0.1) is 16.6 Å². The SMILES string of the molecule is N#Cc1ccc(CNc2ccc(F)c([N+](=O)[O-])c2)cc1. The van der Waals surface area contributed by atoms with Gasteiger partial charge in [-0.1, -0.05) is 12.1 Å². The number of nitrogens with zero attached hydrogens (tertiary/aromatic N) is 2. The molecular formula is C14H10FN3O2. The van der Waals surface area contributed by atoms with Crippen LogP contribution in [0.5, 0.6) is 0 Å². The van der Waals surface area contributed by atoms with E-state index in [9.17, 15) is 14.5 Å². The molecule has 100 valence electrons. The number of nitro groups is 1. The third-order valence-corrected chi connectivity index (χ3v) is 2.72. The second-order valence-electron chi connectivity index (χ2n) is 4.09. The van der Waals surface area contributed by atoms with Crippen LogP contribution in [0.4, 0.5) is 15.8 Å².